The molecule has 0 saturated carbocycles. The highest BCUT2D eigenvalue weighted by Gasteiger charge is 2.18. The predicted molar refractivity (Wildman–Crippen MR) is 105 cm³/mol. The second kappa shape index (κ2) is 7.91. The van der Waals surface area contributed by atoms with Gasteiger partial charge < -0.3 is 10.1 Å². The Morgan fingerprint density at radius 3 is 2.56 bits per heavy atom. The first-order chi connectivity index (χ1) is 12.1. The van der Waals surface area contributed by atoms with Crippen LogP contribution in [0.2, 0.25) is 5.02 Å². The fraction of sp³-hybridized carbons (Fsp3) is 0.111. The normalized spacial score (nSPS) is 10.6. The van der Waals surface area contributed by atoms with Gasteiger partial charge in [-0.1, -0.05) is 41.6 Å². The van der Waals surface area contributed by atoms with Gasteiger partial charge in [-0.2, -0.15) is 0 Å². The maximum atomic E-state index is 12.4. The number of thiophene rings is 1. The van der Waals surface area contributed by atoms with E-state index in [2.05, 4.69) is 5.32 Å². The van der Waals surface area contributed by atoms with Crippen LogP contribution in [0.25, 0.3) is 10.1 Å². The summed E-state index contributed by atoms with van der Waals surface area (Å²) in [4.78, 5) is 24.9. The molecule has 0 saturated heterocycles. The standard InChI is InChI=1S/C18H14ClNO3S2/c1-23-12-8-6-11(7-9-12)20-15(21)10-24-18(22)17-16(19)13-4-2-3-5-14(13)25-17/h2-9H,10H2,1H3,(H,20,21). The number of halogens is 1. The van der Waals surface area contributed by atoms with E-state index in [9.17, 15) is 9.59 Å². The molecule has 0 aliphatic heterocycles. The van der Waals surface area contributed by atoms with Crippen molar-refractivity contribution in [1.82, 2.24) is 0 Å². The summed E-state index contributed by atoms with van der Waals surface area (Å²) in [5, 5.41) is 3.86. The zero-order chi connectivity index (χ0) is 17.8. The van der Waals surface area contributed by atoms with Gasteiger partial charge in [0, 0.05) is 15.8 Å². The number of hydrogen-bond donors (Lipinski definition) is 1. The Labute approximate surface area is 158 Å². The van der Waals surface area contributed by atoms with Crippen molar-refractivity contribution >= 4 is 61.5 Å². The molecule has 0 fully saturated rings. The molecule has 1 amide bonds. The Morgan fingerprint density at radius 2 is 1.88 bits per heavy atom. The smallest absolute Gasteiger partial charge is 0.234 e. The number of nitrogens with one attached hydrogen (secondary N) is 1. The molecule has 0 spiro atoms. The van der Waals surface area contributed by atoms with Crippen LogP contribution < -0.4 is 10.1 Å². The minimum Gasteiger partial charge on any atom is -0.497 e. The average molecular weight is 392 g/mol. The quantitative estimate of drug-likeness (QED) is 0.659. The van der Waals surface area contributed by atoms with Crippen molar-refractivity contribution in [2.75, 3.05) is 18.2 Å². The number of thioether (sulfide) groups is 1. The predicted octanol–water partition coefficient (Wildman–Crippen LogP) is 5.08. The van der Waals surface area contributed by atoms with Crippen LogP contribution in [0.1, 0.15) is 9.67 Å². The topological polar surface area (TPSA) is 55.4 Å². The van der Waals surface area contributed by atoms with Gasteiger partial charge in [-0.05, 0) is 30.3 Å². The molecular formula is C18H14ClNO3S2. The van der Waals surface area contributed by atoms with Crippen molar-refractivity contribution in [3.05, 3.63) is 58.4 Å². The van der Waals surface area contributed by atoms with Crippen molar-refractivity contribution in [2.45, 2.75) is 0 Å². The molecule has 0 radical (unpaired) electrons. The lowest BCUT2D eigenvalue weighted by molar-refractivity contribution is -0.113. The third-order valence-corrected chi connectivity index (χ3v) is 6.10. The number of rotatable bonds is 5. The molecule has 4 nitrogen and oxygen atoms in total. The average Bonchev–Trinajstić information content (AvgIpc) is 2.97. The van der Waals surface area contributed by atoms with Crippen LogP contribution in [-0.2, 0) is 4.79 Å². The molecule has 1 aromatic heterocycles. The summed E-state index contributed by atoms with van der Waals surface area (Å²) in [5.74, 6) is 0.484. The second-order valence-corrected chi connectivity index (χ2v) is 7.47. The van der Waals surface area contributed by atoms with E-state index in [1.807, 2.05) is 24.3 Å². The molecule has 7 heteroatoms. The van der Waals surface area contributed by atoms with E-state index in [1.165, 1.54) is 11.3 Å². The van der Waals surface area contributed by atoms with Gasteiger partial charge in [-0.25, -0.2) is 0 Å². The Morgan fingerprint density at radius 1 is 1.16 bits per heavy atom. The van der Waals surface area contributed by atoms with E-state index in [0.717, 1.165) is 21.8 Å². The molecule has 3 aromatic rings. The monoisotopic (exact) mass is 391 g/mol. The Balaban J connectivity index is 1.60. The fourth-order valence-electron chi connectivity index (χ4n) is 2.21. The highest BCUT2D eigenvalue weighted by Crippen LogP contribution is 2.37. The summed E-state index contributed by atoms with van der Waals surface area (Å²) in [7, 11) is 1.58. The van der Waals surface area contributed by atoms with Crippen LogP contribution >= 0.6 is 34.7 Å². The molecule has 0 aliphatic rings. The van der Waals surface area contributed by atoms with Crippen LogP contribution in [0.15, 0.2) is 48.5 Å². The lowest BCUT2D eigenvalue weighted by atomic mass is 10.2. The highest BCUT2D eigenvalue weighted by molar-refractivity contribution is 8.14. The lowest BCUT2D eigenvalue weighted by Gasteiger charge is -2.05. The second-order valence-electron chi connectivity index (χ2n) is 5.09. The van der Waals surface area contributed by atoms with Gasteiger partial charge in [0.25, 0.3) is 0 Å². The third-order valence-electron chi connectivity index (χ3n) is 3.43. The van der Waals surface area contributed by atoms with Crippen molar-refractivity contribution in [1.29, 1.82) is 0 Å². The number of carbonyl (C=O) groups excluding carboxylic acids is 2. The number of methoxy groups -OCH3 is 1. The van der Waals surface area contributed by atoms with Gasteiger partial charge in [0.1, 0.15) is 10.6 Å². The SMILES string of the molecule is COc1ccc(NC(=O)CSC(=O)c2sc3ccccc3c2Cl)cc1. The largest absolute Gasteiger partial charge is 0.497 e. The Kier molecular flexibility index (Phi) is 5.63. The highest BCUT2D eigenvalue weighted by atomic mass is 35.5. The number of anilines is 1. The molecule has 25 heavy (non-hydrogen) atoms. The van der Waals surface area contributed by atoms with Gasteiger partial charge in [-0.3, -0.25) is 9.59 Å². The summed E-state index contributed by atoms with van der Waals surface area (Å²) in [6.45, 7) is 0. The molecule has 1 N–H and O–H groups in total. The maximum absolute atomic E-state index is 12.4. The molecule has 0 unspecified atom stereocenters. The van der Waals surface area contributed by atoms with Crippen LogP contribution in [0.5, 0.6) is 5.75 Å². The first-order valence-electron chi connectivity index (χ1n) is 7.36. The lowest BCUT2D eigenvalue weighted by Crippen LogP contribution is -2.15. The first-order valence-corrected chi connectivity index (χ1v) is 9.54. The van der Waals surface area contributed by atoms with Crippen molar-refractivity contribution in [2.24, 2.45) is 0 Å². The van der Waals surface area contributed by atoms with E-state index in [4.69, 9.17) is 16.3 Å². The van der Waals surface area contributed by atoms with E-state index in [-0.39, 0.29) is 16.8 Å². The van der Waals surface area contributed by atoms with Gasteiger partial charge in [0.05, 0.1) is 17.9 Å². The van der Waals surface area contributed by atoms with Gasteiger partial charge >= 0.3 is 0 Å². The summed E-state index contributed by atoms with van der Waals surface area (Å²) in [6, 6.07) is 14.6. The molecule has 1 heterocycles. The Hall–Kier alpha value is -2.02. The summed E-state index contributed by atoms with van der Waals surface area (Å²) < 4.78 is 6.02. The van der Waals surface area contributed by atoms with Crippen LogP contribution in [0, 0.1) is 0 Å². The summed E-state index contributed by atoms with van der Waals surface area (Å²) in [6.07, 6.45) is 0. The number of benzene rings is 2. The number of carbonyl (C=O) groups is 2. The van der Waals surface area contributed by atoms with Gasteiger partial charge in [0.15, 0.2) is 0 Å². The Bertz CT molecular complexity index is 922. The summed E-state index contributed by atoms with van der Waals surface area (Å²) in [5.41, 5.74) is 0.652. The van der Waals surface area contributed by atoms with E-state index < -0.39 is 0 Å². The minimum absolute atomic E-state index is 0.0233. The number of hydrogen-bond acceptors (Lipinski definition) is 5. The van der Waals surface area contributed by atoms with Crippen LogP contribution in [0.4, 0.5) is 5.69 Å². The van der Waals surface area contributed by atoms with Gasteiger partial charge in [-0.15, -0.1) is 11.3 Å². The fourth-order valence-corrected chi connectivity index (χ4v) is 4.49. The number of fused-ring (bicyclic) bond motifs is 1. The zero-order valence-corrected chi connectivity index (χ0v) is 15.6. The van der Waals surface area contributed by atoms with Crippen molar-refractivity contribution < 1.29 is 14.3 Å². The molecule has 0 aliphatic carbocycles. The van der Waals surface area contributed by atoms with E-state index in [0.29, 0.717) is 21.3 Å². The third kappa shape index (κ3) is 4.15. The zero-order valence-electron chi connectivity index (χ0n) is 13.2. The molecule has 3 rings (SSSR count). The molecule has 128 valence electrons. The van der Waals surface area contributed by atoms with Crippen molar-refractivity contribution in [3.63, 3.8) is 0 Å². The molecular weight excluding hydrogens is 378 g/mol. The number of amides is 1. The van der Waals surface area contributed by atoms with E-state index in [1.54, 1.807) is 31.4 Å². The van der Waals surface area contributed by atoms with Crippen molar-refractivity contribution in [3.8, 4) is 5.75 Å². The number of ether oxygens (including phenoxy) is 1. The van der Waals surface area contributed by atoms with Crippen LogP contribution in [0.3, 0.4) is 0 Å². The van der Waals surface area contributed by atoms with Crippen LogP contribution in [-0.4, -0.2) is 23.9 Å². The van der Waals surface area contributed by atoms with E-state index >= 15 is 0 Å². The summed E-state index contributed by atoms with van der Waals surface area (Å²) >= 11 is 8.58. The van der Waals surface area contributed by atoms with Gasteiger partial charge in [0.2, 0.25) is 11.0 Å². The molecule has 0 atom stereocenters. The minimum atomic E-state index is -0.249. The first kappa shape index (κ1) is 17.8. The molecule has 2 aromatic carbocycles. The maximum Gasteiger partial charge on any atom is 0.234 e. The molecule has 0 bridgehead atoms.